The van der Waals surface area contributed by atoms with E-state index in [1.165, 1.54) is 24.4 Å². The molecule has 1 aromatic heterocycles. The van der Waals surface area contributed by atoms with Crippen LogP contribution in [-0.4, -0.2) is 47.0 Å². The summed E-state index contributed by atoms with van der Waals surface area (Å²) in [6, 6.07) is 4.87. The van der Waals surface area contributed by atoms with Crippen LogP contribution in [0.25, 0.3) is 11.3 Å². The number of anilines is 1. The fourth-order valence-electron chi connectivity index (χ4n) is 2.85. The van der Waals surface area contributed by atoms with Gasteiger partial charge in [-0.15, -0.1) is 0 Å². The number of halogens is 3. The summed E-state index contributed by atoms with van der Waals surface area (Å²) in [5.74, 6) is 0.477. The van der Waals surface area contributed by atoms with Crippen molar-refractivity contribution in [2.24, 2.45) is 0 Å². The Morgan fingerprint density at radius 3 is 2.23 bits per heavy atom. The van der Waals surface area contributed by atoms with Crippen LogP contribution in [0.5, 0.6) is 0 Å². The molecular formula is C18H17F3N4O. The Hall–Kier alpha value is -2.90. The predicted octanol–water partition coefficient (Wildman–Crippen LogP) is 3.00. The Kier molecular flexibility index (Phi) is 4.92. The minimum atomic E-state index is -4.38. The van der Waals surface area contributed by atoms with Gasteiger partial charge in [0.25, 0.3) is 0 Å². The van der Waals surface area contributed by atoms with Gasteiger partial charge >= 0.3 is 6.18 Å². The zero-order valence-corrected chi connectivity index (χ0v) is 13.9. The number of carbonyl (C=O) groups excluding carboxylic acids is 1. The number of benzene rings is 1. The lowest BCUT2D eigenvalue weighted by atomic mass is 10.1. The second kappa shape index (κ2) is 7.15. The van der Waals surface area contributed by atoms with Gasteiger partial charge in [-0.3, -0.25) is 9.78 Å². The van der Waals surface area contributed by atoms with Gasteiger partial charge in [0.15, 0.2) is 5.82 Å². The molecule has 1 aliphatic heterocycles. The Morgan fingerprint density at radius 2 is 1.65 bits per heavy atom. The fourth-order valence-corrected chi connectivity index (χ4v) is 2.85. The Bertz CT molecular complexity index is 797. The molecule has 0 aliphatic carbocycles. The smallest absolute Gasteiger partial charge is 0.351 e. The van der Waals surface area contributed by atoms with Crippen molar-refractivity contribution in [2.45, 2.75) is 6.18 Å². The topological polar surface area (TPSA) is 49.3 Å². The van der Waals surface area contributed by atoms with Gasteiger partial charge in [-0.1, -0.05) is 18.7 Å². The Morgan fingerprint density at radius 1 is 1.04 bits per heavy atom. The van der Waals surface area contributed by atoms with Gasteiger partial charge in [-0.05, 0) is 18.2 Å². The number of carbonyl (C=O) groups is 1. The third-order valence-electron chi connectivity index (χ3n) is 4.23. The van der Waals surface area contributed by atoms with Crippen molar-refractivity contribution >= 4 is 11.7 Å². The molecule has 1 fully saturated rings. The highest BCUT2D eigenvalue weighted by molar-refractivity contribution is 5.87. The van der Waals surface area contributed by atoms with Crippen LogP contribution >= 0.6 is 0 Å². The highest BCUT2D eigenvalue weighted by Crippen LogP contribution is 2.32. The number of hydrogen-bond donors (Lipinski definition) is 0. The summed E-state index contributed by atoms with van der Waals surface area (Å²) in [6.45, 7) is 5.65. The maximum absolute atomic E-state index is 12.7. The van der Waals surface area contributed by atoms with Crippen molar-refractivity contribution in [1.29, 1.82) is 0 Å². The zero-order chi connectivity index (χ0) is 18.7. The lowest BCUT2D eigenvalue weighted by Crippen LogP contribution is -2.48. The van der Waals surface area contributed by atoms with E-state index in [2.05, 4.69) is 16.5 Å². The molecule has 1 aromatic carbocycles. The number of alkyl halides is 3. The number of aromatic nitrogens is 2. The maximum atomic E-state index is 12.7. The summed E-state index contributed by atoms with van der Waals surface area (Å²) in [6.07, 6.45) is -0.0401. The Balaban J connectivity index is 1.83. The van der Waals surface area contributed by atoms with E-state index >= 15 is 0 Å². The van der Waals surface area contributed by atoms with Crippen molar-refractivity contribution in [3.8, 4) is 11.3 Å². The van der Waals surface area contributed by atoms with E-state index in [0.29, 0.717) is 43.3 Å². The van der Waals surface area contributed by atoms with Crippen LogP contribution in [0.15, 0.2) is 49.3 Å². The molecule has 0 radical (unpaired) electrons. The van der Waals surface area contributed by atoms with Crippen LogP contribution in [0, 0.1) is 0 Å². The highest BCUT2D eigenvalue weighted by atomic mass is 19.4. The van der Waals surface area contributed by atoms with Crippen molar-refractivity contribution in [1.82, 2.24) is 14.9 Å². The van der Waals surface area contributed by atoms with Gasteiger partial charge in [0.1, 0.15) is 5.69 Å². The second-order valence-electron chi connectivity index (χ2n) is 5.82. The van der Waals surface area contributed by atoms with Crippen molar-refractivity contribution in [3.05, 3.63) is 54.9 Å². The van der Waals surface area contributed by atoms with Crippen LogP contribution in [0.4, 0.5) is 19.0 Å². The molecule has 136 valence electrons. The van der Waals surface area contributed by atoms with E-state index in [9.17, 15) is 18.0 Å². The van der Waals surface area contributed by atoms with Gasteiger partial charge in [-0.25, -0.2) is 4.98 Å². The lowest BCUT2D eigenvalue weighted by molar-refractivity contribution is -0.137. The predicted molar refractivity (Wildman–Crippen MR) is 91.5 cm³/mol. The summed E-state index contributed by atoms with van der Waals surface area (Å²) in [5, 5.41) is 0. The first-order valence-electron chi connectivity index (χ1n) is 8.05. The minimum Gasteiger partial charge on any atom is -0.351 e. The molecule has 2 heterocycles. The number of amides is 1. The molecule has 3 rings (SSSR count). The quantitative estimate of drug-likeness (QED) is 0.788. The summed E-state index contributed by atoms with van der Waals surface area (Å²) >= 11 is 0. The molecule has 0 unspecified atom stereocenters. The molecule has 0 N–H and O–H groups in total. The summed E-state index contributed by atoms with van der Waals surface area (Å²) in [7, 11) is 0. The van der Waals surface area contributed by atoms with E-state index in [1.807, 2.05) is 4.90 Å². The van der Waals surface area contributed by atoms with E-state index < -0.39 is 11.7 Å². The molecule has 2 aromatic rings. The van der Waals surface area contributed by atoms with Crippen LogP contribution in [0.1, 0.15) is 5.56 Å². The van der Waals surface area contributed by atoms with Crippen LogP contribution in [0.3, 0.4) is 0 Å². The molecular weight excluding hydrogens is 345 g/mol. The summed E-state index contributed by atoms with van der Waals surface area (Å²) < 4.78 is 38.2. The first-order chi connectivity index (χ1) is 12.4. The van der Waals surface area contributed by atoms with Gasteiger partial charge in [-0.2, -0.15) is 13.2 Å². The van der Waals surface area contributed by atoms with Crippen LogP contribution in [0.2, 0.25) is 0 Å². The molecule has 0 bridgehead atoms. The normalized spacial score (nSPS) is 15.0. The largest absolute Gasteiger partial charge is 0.416 e. The first kappa shape index (κ1) is 17.9. The standard InChI is InChI=1S/C18H17F3N4O/c1-2-15(26)24-9-11-25(12-10-24)17-16(22-7-8-23-17)13-3-5-14(6-4-13)18(19,20)21/h2-8H,1,9-12H2. The molecule has 1 amide bonds. The highest BCUT2D eigenvalue weighted by Gasteiger charge is 2.30. The van der Waals surface area contributed by atoms with Crippen molar-refractivity contribution in [3.63, 3.8) is 0 Å². The first-order valence-corrected chi connectivity index (χ1v) is 8.05. The molecule has 0 atom stereocenters. The van der Waals surface area contributed by atoms with Gasteiger partial charge in [0.05, 0.1) is 5.56 Å². The van der Waals surface area contributed by atoms with E-state index in [1.54, 1.807) is 11.1 Å². The van der Waals surface area contributed by atoms with Crippen molar-refractivity contribution in [2.75, 3.05) is 31.1 Å². The van der Waals surface area contributed by atoms with Crippen LogP contribution in [-0.2, 0) is 11.0 Å². The Labute approximate surface area is 148 Å². The summed E-state index contributed by atoms with van der Waals surface area (Å²) in [4.78, 5) is 24.0. The third-order valence-corrected chi connectivity index (χ3v) is 4.23. The average Bonchev–Trinajstić information content (AvgIpc) is 2.67. The van der Waals surface area contributed by atoms with Gasteiger partial charge in [0, 0.05) is 44.1 Å². The van der Waals surface area contributed by atoms with Gasteiger partial charge < -0.3 is 9.80 Å². The van der Waals surface area contributed by atoms with Crippen molar-refractivity contribution < 1.29 is 18.0 Å². The SMILES string of the molecule is C=CC(=O)N1CCN(c2nccnc2-c2ccc(C(F)(F)F)cc2)CC1. The number of nitrogens with zero attached hydrogens (tertiary/aromatic N) is 4. The fraction of sp³-hybridized carbons (Fsp3) is 0.278. The number of piperazine rings is 1. The minimum absolute atomic E-state index is 0.119. The molecule has 26 heavy (non-hydrogen) atoms. The van der Waals surface area contributed by atoms with E-state index in [-0.39, 0.29) is 5.91 Å². The van der Waals surface area contributed by atoms with Gasteiger partial charge in [0.2, 0.25) is 5.91 Å². The number of hydrogen-bond acceptors (Lipinski definition) is 4. The number of rotatable bonds is 3. The monoisotopic (exact) mass is 362 g/mol. The third kappa shape index (κ3) is 3.68. The summed E-state index contributed by atoms with van der Waals surface area (Å²) in [5.41, 5.74) is 0.374. The zero-order valence-electron chi connectivity index (χ0n) is 13.9. The average molecular weight is 362 g/mol. The van der Waals surface area contributed by atoms with E-state index in [0.717, 1.165) is 12.1 Å². The van der Waals surface area contributed by atoms with Crippen LogP contribution < -0.4 is 4.90 Å². The lowest BCUT2D eigenvalue weighted by Gasteiger charge is -2.35. The molecule has 0 saturated carbocycles. The molecule has 1 aliphatic rings. The molecule has 5 nitrogen and oxygen atoms in total. The van der Waals surface area contributed by atoms with E-state index in [4.69, 9.17) is 0 Å². The molecule has 0 spiro atoms. The second-order valence-corrected chi connectivity index (χ2v) is 5.82. The molecule has 8 heteroatoms. The maximum Gasteiger partial charge on any atom is 0.416 e. The molecule has 1 saturated heterocycles.